The van der Waals surface area contributed by atoms with E-state index in [1.807, 2.05) is 50.2 Å². The zero-order chi connectivity index (χ0) is 19.4. The predicted molar refractivity (Wildman–Crippen MR) is 108 cm³/mol. The molecule has 0 fully saturated rings. The van der Waals surface area contributed by atoms with E-state index in [-0.39, 0.29) is 6.10 Å². The molecule has 0 amide bonds. The first-order chi connectivity index (χ1) is 13.0. The molecule has 1 heterocycles. The van der Waals surface area contributed by atoms with Crippen molar-refractivity contribution >= 4 is 22.7 Å². The van der Waals surface area contributed by atoms with Crippen molar-refractivity contribution in [3.05, 3.63) is 53.3 Å². The highest BCUT2D eigenvalue weighted by Gasteiger charge is 2.11. The van der Waals surface area contributed by atoms with E-state index in [4.69, 9.17) is 9.47 Å². The molecule has 1 N–H and O–H groups in total. The Bertz CT molecular complexity index is 1030. The van der Waals surface area contributed by atoms with Gasteiger partial charge in [0.05, 0.1) is 29.8 Å². The largest absolute Gasteiger partial charge is 0.493 e. The Morgan fingerprint density at radius 3 is 2.78 bits per heavy atom. The summed E-state index contributed by atoms with van der Waals surface area (Å²) in [6, 6.07) is 13.8. The fraction of sp³-hybridized carbons (Fsp3) is 0.273. The highest BCUT2D eigenvalue weighted by molar-refractivity contribution is 5.90. The van der Waals surface area contributed by atoms with Crippen LogP contribution in [-0.2, 0) is 0 Å². The first kappa shape index (κ1) is 18.5. The van der Waals surface area contributed by atoms with Crippen LogP contribution in [-0.4, -0.2) is 23.2 Å². The van der Waals surface area contributed by atoms with Gasteiger partial charge in [-0.2, -0.15) is 5.26 Å². The summed E-state index contributed by atoms with van der Waals surface area (Å²) in [7, 11) is 1.61. The number of aromatic nitrogens is 2. The average molecular weight is 361 g/mol. The van der Waals surface area contributed by atoms with Crippen molar-refractivity contribution in [2.24, 2.45) is 0 Å². The second kappa shape index (κ2) is 7.96. The average Bonchev–Trinajstić information content (AvgIpc) is 3.09. The van der Waals surface area contributed by atoms with Gasteiger partial charge in [-0.25, -0.2) is 4.98 Å². The molecule has 2 aromatic carbocycles. The Labute approximate surface area is 159 Å². The Balaban J connectivity index is 1.96. The standard InChI is InChI=1S/C22H23N3O2/c1-5-15(3)27-20-9-7-16(12-21(20)26-4)11-17(13-23)22-24-18-8-6-14(2)10-19(18)25-22/h6-12,15H,5H2,1-4H3,(H,24,25)/b17-11-/t15-/m1/s1. The minimum Gasteiger partial charge on any atom is -0.493 e. The van der Waals surface area contributed by atoms with Gasteiger partial charge in [0.25, 0.3) is 0 Å². The number of rotatable bonds is 6. The SMILES string of the molecule is CC[C@@H](C)Oc1ccc(/C=C(/C#N)c2nc3ccc(C)cc3[nH]2)cc1OC. The molecule has 0 saturated carbocycles. The number of nitrogens with zero attached hydrogens (tertiary/aromatic N) is 2. The first-order valence-corrected chi connectivity index (χ1v) is 8.97. The van der Waals surface area contributed by atoms with E-state index in [0.717, 1.165) is 28.6 Å². The van der Waals surface area contributed by atoms with Gasteiger partial charge in [-0.3, -0.25) is 0 Å². The molecular formula is C22H23N3O2. The Hall–Kier alpha value is -3.26. The third-order valence-corrected chi connectivity index (χ3v) is 4.41. The number of methoxy groups -OCH3 is 1. The Morgan fingerprint density at radius 1 is 1.26 bits per heavy atom. The van der Waals surface area contributed by atoms with E-state index in [1.165, 1.54) is 0 Å². The summed E-state index contributed by atoms with van der Waals surface area (Å²) in [6.07, 6.45) is 2.81. The third kappa shape index (κ3) is 4.12. The van der Waals surface area contributed by atoms with Gasteiger partial charge in [0.1, 0.15) is 11.9 Å². The molecule has 0 bridgehead atoms. The van der Waals surface area contributed by atoms with Crippen LogP contribution in [0.3, 0.4) is 0 Å². The van der Waals surface area contributed by atoms with Crippen LogP contribution in [0.1, 0.15) is 37.2 Å². The van der Waals surface area contributed by atoms with E-state index < -0.39 is 0 Å². The first-order valence-electron chi connectivity index (χ1n) is 8.97. The van der Waals surface area contributed by atoms with Crippen LogP contribution in [0.25, 0.3) is 22.7 Å². The zero-order valence-corrected chi connectivity index (χ0v) is 16.0. The molecular weight excluding hydrogens is 338 g/mol. The molecule has 5 nitrogen and oxygen atoms in total. The third-order valence-electron chi connectivity index (χ3n) is 4.41. The highest BCUT2D eigenvalue weighted by atomic mass is 16.5. The molecule has 3 rings (SSSR count). The minimum absolute atomic E-state index is 0.106. The van der Waals surface area contributed by atoms with Gasteiger partial charge in [-0.15, -0.1) is 0 Å². The number of hydrogen-bond acceptors (Lipinski definition) is 4. The van der Waals surface area contributed by atoms with E-state index in [9.17, 15) is 5.26 Å². The zero-order valence-electron chi connectivity index (χ0n) is 16.0. The van der Waals surface area contributed by atoms with Crippen LogP contribution in [0.15, 0.2) is 36.4 Å². The number of aromatic amines is 1. The number of ether oxygens (including phenoxy) is 2. The summed E-state index contributed by atoms with van der Waals surface area (Å²) in [6.45, 7) is 6.11. The van der Waals surface area contributed by atoms with Crippen molar-refractivity contribution in [2.45, 2.75) is 33.3 Å². The summed E-state index contributed by atoms with van der Waals surface area (Å²) in [5.74, 6) is 1.89. The van der Waals surface area contributed by atoms with Crippen LogP contribution in [0.5, 0.6) is 11.5 Å². The van der Waals surface area contributed by atoms with Gasteiger partial charge < -0.3 is 14.5 Å². The number of H-pyrrole nitrogens is 1. The van der Waals surface area contributed by atoms with Crippen molar-refractivity contribution < 1.29 is 9.47 Å². The van der Waals surface area contributed by atoms with E-state index in [2.05, 4.69) is 23.0 Å². The normalized spacial score (nSPS) is 12.6. The number of nitrogens with one attached hydrogen (secondary N) is 1. The number of imidazole rings is 1. The number of fused-ring (bicyclic) bond motifs is 1. The van der Waals surface area contributed by atoms with Gasteiger partial charge in [-0.1, -0.05) is 19.1 Å². The number of aryl methyl sites for hydroxylation is 1. The summed E-state index contributed by atoms with van der Waals surface area (Å²) in [4.78, 5) is 7.75. The van der Waals surface area contributed by atoms with Crippen molar-refractivity contribution in [3.63, 3.8) is 0 Å². The lowest BCUT2D eigenvalue weighted by atomic mass is 10.1. The van der Waals surface area contributed by atoms with Crippen LogP contribution in [0.2, 0.25) is 0 Å². The molecule has 0 unspecified atom stereocenters. The number of hydrogen-bond donors (Lipinski definition) is 1. The lowest BCUT2D eigenvalue weighted by Crippen LogP contribution is -2.10. The summed E-state index contributed by atoms with van der Waals surface area (Å²) < 4.78 is 11.3. The number of nitriles is 1. The fourth-order valence-corrected chi connectivity index (χ4v) is 2.74. The smallest absolute Gasteiger partial charge is 0.161 e. The minimum atomic E-state index is 0.106. The molecule has 138 valence electrons. The number of allylic oxidation sites excluding steroid dienone is 1. The van der Waals surface area contributed by atoms with Crippen LogP contribution >= 0.6 is 0 Å². The van der Waals surface area contributed by atoms with Crippen LogP contribution in [0, 0.1) is 18.3 Å². The molecule has 27 heavy (non-hydrogen) atoms. The lowest BCUT2D eigenvalue weighted by molar-refractivity contribution is 0.207. The molecule has 5 heteroatoms. The van der Waals surface area contributed by atoms with Crippen molar-refractivity contribution in [1.29, 1.82) is 5.26 Å². The van der Waals surface area contributed by atoms with Crippen LogP contribution < -0.4 is 9.47 Å². The predicted octanol–water partition coefficient (Wildman–Crippen LogP) is 5.12. The quantitative estimate of drug-likeness (QED) is 0.619. The molecule has 0 aliphatic carbocycles. The molecule has 0 spiro atoms. The van der Waals surface area contributed by atoms with Gasteiger partial charge in [0.15, 0.2) is 11.5 Å². The molecule has 0 radical (unpaired) electrons. The highest BCUT2D eigenvalue weighted by Crippen LogP contribution is 2.31. The van der Waals surface area contributed by atoms with Gasteiger partial charge in [0, 0.05) is 0 Å². The molecule has 0 aliphatic heterocycles. The molecule has 0 saturated heterocycles. The monoisotopic (exact) mass is 361 g/mol. The Morgan fingerprint density at radius 2 is 2.07 bits per heavy atom. The molecule has 0 aliphatic rings. The Kier molecular flexibility index (Phi) is 5.46. The molecule has 1 atom stereocenters. The molecule has 3 aromatic rings. The lowest BCUT2D eigenvalue weighted by Gasteiger charge is -2.15. The summed E-state index contributed by atoms with van der Waals surface area (Å²) in [5, 5.41) is 9.62. The fourth-order valence-electron chi connectivity index (χ4n) is 2.74. The van der Waals surface area contributed by atoms with Gasteiger partial charge in [0.2, 0.25) is 0 Å². The van der Waals surface area contributed by atoms with E-state index in [1.54, 1.807) is 13.2 Å². The van der Waals surface area contributed by atoms with E-state index >= 15 is 0 Å². The maximum atomic E-state index is 9.62. The molecule has 1 aromatic heterocycles. The topological polar surface area (TPSA) is 70.9 Å². The second-order valence-corrected chi connectivity index (χ2v) is 6.52. The summed E-state index contributed by atoms with van der Waals surface area (Å²) >= 11 is 0. The van der Waals surface area contributed by atoms with Crippen molar-refractivity contribution in [1.82, 2.24) is 9.97 Å². The number of benzene rings is 2. The van der Waals surface area contributed by atoms with Crippen molar-refractivity contribution in [2.75, 3.05) is 7.11 Å². The van der Waals surface area contributed by atoms with Gasteiger partial charge in [-0.05, 0) is 61.7 Å². The summed E-state index contributed by atoms with van der Waals surface area (Å²) in [5.41, 5.74) is 4.20. The van der Waals surface area contributed by atoms with Gasteiger partial charge >= 0.3 is 0 Å². The maximum absolute atomic E-state index is 9.62. The van der Waals surface area contributed by atoms with Crippen LogP contribution in [0.4, 0.5) is 0 Å². The maximum Gasteiger partial charge on any atom is 0.161 e. The van der Waals surface area contributed by atoms with Crippen molar-refractivity contribution in [3.8, 4) is 17.6 Å². The van der Waals surface area contributed by atoms with E-state index in [0.29, 0.717) is 22.9 Å². The second-order valence-electron chi connectivity index (χ2n) is 6.52.